The third-order valence-corrected chi connectivity index (χ3v) is 4.60. The van der Waals surface area contributed by atoms with Gasteiger partial charge in [-0.15, -0.1) is 11.3 Å². The van der Waals surface area contributed by atoms with Crippen LogP contribution in [0.2, 0.25) is 0 Å². The number of rotatable bonds is 4. The number of carbonyl (C=O) groups excluding carboxylic acids is 1. The quantitative estimate of drug-likeness (QED) is 0.693. The SMILES string of the molecule is CC(=NNC(=O)c1cccs1)c1ccc(N2CCOCC2)cc1. The van der Waals surface area contributed by atoms with Crippen LogP contribution in [0, 0.1) is 0 Å². The third-order valence-electron chi connectivity index (χ3n) is 3.73. The molecule has 0 bridgehead atoms. The second kappa shape index (κ2) is 7.39. The highest BCUT2D eigenvalue weighted by atomic mass is 32.1. The largest absolute Gasteiger partial charge is 0.378 e. The Bertz CT molecular complexity index is 674. The minimum absolute atomic E-state index is 0.177. The second-order valence-corrected chi connectivity index (χ2v) is 6.21. The minimum Gasteiger partial charge on any atom is -0.378 e. The van der Waals surface area contributed by atoms with Gasteiger partial charge in [0.05, 0.1) is 23.8 Å². The fourth-order valence-corrected chi connectivity index (χ4v) is 3.01. The van der Waals surface area contributed by atoms with Gasteiger partial charge >= 0.3 is 0 Å². The van der Waals surface area contributed by atoms with E-state index in [1.165, 1.54) is 17.0 Å². The summed E-state index contributed by atoms with van der Waals surface area (Å²) in [7, 11) is 0. The first kappa shape index (κ1) is 15.7. The molecule has 0 radical (unpaired) electrons. The van der Waals surface area contributed by atoms with Crippen molar-refractivity contribution >= 4 is 28.6 Å². The van der Waals surface area contributed by atoms with Crippen molar-refractivity contribution in [3.05, 3.63) is 52.2 Å². The van der Waals surface area contributed by atoms with Crippen molar-refractivity contribution < 1.29 is 9.53 Å². The first-order valence-corrected chi connectivity index (χ1v) is 8.43. The lowest BCUT2D eigenvalue weighted by Gasteiger charge is -2.28. The average Bonchev–Trinajstić information content (AvgIpc) is 3.15. The highest BCUT2D eigenvalue weighted by Crippen LogP contribution is 2.17. The monoisotopic (exact) mass is 329 g/mol. The van der Waals surface area contributed by atoms with Gasteiger partial charge in [0.15, 0.2) is 0 Å². The summed E-state index contributed by atoms with van der Waals surface area (Å²) in [6.07, 6.45) is 0. The van der Waals surface area contributed by atoms with E-state index in [0.717, 1.165) is 37.6 Å². The molecule has 1 amide bonds. The zero-order chi connectivity index (χ0) is 16.1. The summed E-state index contributed by atoms with van der Waals surface area (Å²) in [5.41, 5.74) is 5.56. The Hall–Kier alpha value is -2.18. The van der Waals surface area contributed by atoms with Crippen LogP contribution in [-0.4, -0.2) is 37.9 Å². The van der Waals surface area contributed by atoms with Crippen LogP contribution in [0.5, 0.6) is 0 Å². The molecule has 1 aromatic heterocycles. The molecule has 120 valence electrons. The van der Waals surface area contributed by atoms with Gasteiger partial charge in [-0.25, -0.2) is 5.43 Å². The van der Waals surface area contributed by atoms with Crippen LogP contribution < -0.4 is 10.3 Å². The summed E-state index contributed by atoms with van der Waals surface area (Å²) >= 11 is 1.40. The zero-order valence-electron chi connectivity index (χ0n) is 13.0. The number of carbonyl (C=O) groups is 1. The van der Waals surface area contributed by atoms with Crippen LogP contribution in [0.15, 0.2) is 46.9 Å². The fraction of sp³-hybridized carbons (Fsp3) is 0.294. The van der Waals surface area contributed by atoms with E-state index < -0.39 is 0 Å². The molecule has 0 aliphatic carbocycles. The minimum atomic E-state index is -0.177. The lowest BCUT2D eigenvalue weighted by Crippen LogP contribution is -2.36. The molecule has 1 aromatic carbocycles. The van der Waals surface area contributed by atoms with Gasteiger partial charge in [0.25, 0.3) is 5.91 Å². The second-order valence-electron chi connectivity index (χ2n) is 5.26. The number of hydrogen-bond donors (Lipinski definition) is 1. The summed E-state index contributed by atoms with van der Waals surface area (Å²) in [5.74, 6) is -0.177. The van der Waals surface area contributed by atoms with Crippen LogP contribution in [0.25, 0.3) is 0 Å². The topological polar surface area (TPSA) is 53.9 Å². The van der Waals surface area contributed by atoms with Crippen LogP contribution in [0.3, 0.4) is 0 Å². The maximum absolute atomic E-state index is 11.9. The number of hydrazone groups is 1. The maximum atomic E-state index is 11.9. The lowest BCUT2D eigenvalue weighted by atomic mass is 10.1. The Kier molecular flexibility index (Phi) is 5.05. The molecule has 23 heavy (non-hydrogen) atoms. The van der Waals surface area contributed by atoms with Crippen LogP contribution >= 0.6 is 11.3 Å². The van der Waals surface area contributed by atoms with Gasteiger partial charge in [-0.05, 0) is 36.1 Å². The number of nitrogens with one attached hydrogen (secondary N) is 1. The van der Waals surface area contributed by atoms with Crippen molar-refractivity contribution in [1.82, 2.24) is 5.43 Å². The van der Waals surface area contributed by atoms with E-state index in [0.29, 0.717) is 4.88 Å². The van der Waals surface area contributed by atoms with Gasteiger partial charge in [-0.1, -0.05) is 18.2 Å². The van der Waals surface area contributed by atoms with Gasteiger partial charge in [0.1, 0.15) is 0 Å². The summed E-state index contributed by atoms with van der Waals surface area (Å²) in [4.78, 5) is 14.8. The fourth-order valence-electron chi connectivity index (χ4n) is 2.40. The Morgan fingerprint density at radius 1 is 1.22 bits per heavy atom. The molecule has 2 heterocycles. The average molecular weight is 329 g/mol. The third kappa shape index (κ3) is 3.97. The zero-order valence-corrected chi connectivity index (χ0v) is 13.8. The van der Waals surface area contributed by atoms with E-state index in [1.54, 1.807) is 6.07 Å². The standard InChI is InChI=1S/C17H19N3O2S/c1-13(18-19-17(21)16-3-2-12-23-16)14-4-6-15(7-5-14)20-8-10-22-11-9-20/h2-7,12H,8-11H2,1H3,(H,19,21). The maximum Gasteiger partial charge on any atom is 0.281 e. The summed E-state index contributed by atoms with van der Waals surface area (Å²) < 4.78 is 5.37. The molecule has 0 atom stereocenters. The van der Waals surface area contributed by atoms with Crippen LogP contribution in [0.4, 0.5) is 5.69 Å². The Labute approximate surface area is 139 Å². The molecule has 1 fully saturated rings. The van der Waals surface area contributed by atoms with Crippen LogP contribution in [0.1, 0.15) is 22.2 Å². The van der Waals surface area contributed by atoms with Gasteiger partial charge in [0.2, 0.25) is 0 Å². The van der Waals surface area contributed by atoms with E-state index in [9.17, 15) is 4.79 Å². The van der Waals surface area contributed by atoms with Gasteiger partial charge in [-0.2, -0.15) is 5.10 Å². The highest BCUT2D eigenvalue weighted by Gasteiger charge is 2.11. The predicted molar refractivity (Wildman–Crippen MR) is 93.5 cm³/mol. The normalized spacial score (nSPS) is 15.5. The lowest BCUT2D eigenvalue weighted by molar-refractivity contribution is 0.0959. The Morgan fingerprint density at radius 2 is 1.96 bits per heavy atom. The highest BCUT2D eigenvalue weighted by molar-refractivity contribution is 7.12. The summed E-state index contributed by atoms with van der Waals surface area (Å²) in [6.45, 7) is 5.28. The number of anilines is 1. The van der Waals surface area contributed by atoms with E-state index in [4.69, 9.17) is 4.74 Å². The van der Waals surface area contributed by atoms with Crippen molar-refractivity contribution in [2.45, 2.75) is 6.92 Å². The molecule has 5 nitrogen and oxygen atoms in total. The number of benzene rings is 1. The molecular formula is C17H19N3O2S. The van der Waals surface area contributed by atoms with Gasteiger partial charge in [-0.3, -0.25) is 4.79 Å². The summed E-state index contributed by atoms with van der Waals surface area (Å²) in [5, 5.41) is 6.05. The van der Waals surface area contributed by atoms with Gasteiger partial charge in [0, 0.05) is 18.8 Å². The molecule has 3 rings (SSSR count). The Balaban J connectivity index is 1.63. The van der Waals surface area contributed by atoms with E-state index in [1.807, 2.05) is 30.5 Å². The van der Waals surface area contributed by atoms with Crippen molar-refractivity contribution in [2.75, 3.05) is 31.2 Å². The number of hydrogen-bond acceptors (Lipinski definition) is 5. The van der Waals surface area contributed by atoms with Crippen molar-refractivity contribution in [2.24, 2.45) is 5.10 Å². The summed E-state index contributed by atoms with van der Waals surface area (Å²) in [6, 6.07) is 11.9. The van der Waals surface area contributed by atoms with Gasteiger partial charge < -0.3 is 9.64 Å². The van der Waals surface area contributed by atoms with Crippen molar-refractivity contribution in [3.63, 3.8) is 0 Å². The van der Waals surface area contributed by atoms with E-state index in [2.05, 4.69) is 27.6 Å². The van der Waals surface area contributed by atoms with E-state index >= 15 is 0 Å². The van der Waals surface area contributed by atoms with Crippen LogP contribution in [-0.2, 0) is 4.74 Å². The predicted octanol–water partition coefficient (Wildman–Crippen LogP) is 2.74. The molecule has 1 aliphatic rings. The number of thiophene rings is 1. The number of nitrogens with zero attached hydrogens (tertiary/aromatic N) is 2. The molecule has 0 spiro atoms. The molecule has 0 unspecified atom stereocenters. The number of morpholine rings is 1. The molecule has 6 heteroatoms. The number of ether oxygens (including phenoxy) is 1. The molecule has 0 saturated carbocycles. The van der Waals surface area contributed by atoms with Crippen molar-refractivity contribution in [1.29, 1.82) is 0 Å². The van der Waals surface area contributed by atoms with E-state index in [-0.39, 0.29) is 5.91 Å². The molecule has 2 aromatic rings. The smallest absolute Gasteiger partial charge is 0.281 e. The molecule has 1 N–H and O–H groups in total. The van der Waals surface area contributed by atoms with Crippen molar-refractivity contribution in [3.8, 4) is 0 Å². The first-order valence-electron chi connectivity index (χ1n) is 7.55. The Morgan fingerprint density at radius 3 is 2.61 bits per heavy atom. The molecule has 1 aliphatic heterocycles. The number of amides is 1. The molecular weight excluding hydrogens is 310 g/mol. The first-order chi connectivity index (χ1) is 11.2. The molecule has 1 saturated heterocycles.